The Labute approximate surface area is 121 Å². The molecule has 1 aliphatic heterocycles. The minimum Gasteiger partial charge on any atom is -0.325 e. The third-order valence-electron chi connectivity index (χ3n) is 3.35. The van der Waals surface area contributed by atoms with Gasteiger partial charge < -0.3 is 4.90 Å². The van der Waals surface area contributed by atoms with Crippen molar-refractivity contribution < 1.29 is 4.79 Å². The summed E-state index contributed by atoms with van der Waals surface area (Å²) in [4.78, 5) is 14.2. The van der Waals surface area contributed by atoms with Gasteiger partial charge in [0, 0.05) is 23.8 Å². The number of carbonyl (C=O) groups is 1. The highest BCUT2D eigenvalue weighted by molar-refractivity contribution is 7.99. The van der Waals surface area contributed by atoms with E-state index in [1.165, 1.54) is 0 Å². The summed E-state index contributed by atoms with van der Waals surface area (Å²) in [5, 5.41) is 1.16. The Kier molecular flexibility index (Phi) is 3.48. The Balaban J connectivity index is 1.90. The molecule has 0 N–H and O–H groups in total. The third kappa shape index (κ3) is 2.24. The van der Waals surface area contributed by atoms with E-state index in [1.807, 2.05) is 17.0 Å². The predicted octanol–water partition coefficient (Wildman–Crippen LogP) is 3.98. The first kappa shape index (κ1) is 12.6. The lowest BCUT2D eigenvalue weighted by molar-refractivity contribution is -0.132. The summed E-state index contributed by atoms with van der Waals surface area (Å²) >= 11 is 14.1. The van der Waals surface area contributed by atoms with Crippen LogP contribution < -0.4 is 0 Å². The van der Waals surface area contributed by atoms with Crippen LogP contribution in [-0.4, -0.2) is 23.1 Å². The molecule has 1 aromatic rings. The summed E-state index contributed by atoms with van der Waals surface area (Å²) in [6.45, 7) is 0.813. The van der Waals surface area contributed by atoms with E-state index in [-0.39, 0.29) is 17.2 Å². The quantitative estimate of drug-likeness (QED) is 0.823. The highest BCUT2D eigenvalue weighted by Crippen LogP contribution is 2.45. The molecule has 0 spiro atoms. The largest absolute Gasteiger partial charge is 0.325 e. The molecule has 1 saturated carbocycles. The summed E-state index contributed by atoms with van der Waals surface area (Å²) < 4.78 is 0. The average Bonchev–Trinajstić information content (AvgIpc) is 3.10. The van der Waals surface area contributed by atoms with Gasteiger partial charge in [-0.05, 0) is 18.9 Å². The summed E-state index contributed by atoms with van der Waals surface area (Å²) in [5.41, 5.74) is 0.959. The lowest BCUT2D eigenvalue weighted by atomic mass is 10.2. The van der Waals surface area contributed by atoms with Crippen LogP contribution in [0, 0.1) is 5.92 Å². The first-order valence-corrected chi connectivity index (χ1v) is 7.85. The van der Waals surface area contributed by atoms with Crippen molar-refractivity contribution in [1.82, 2.24) is 4.90 Å². The normalized spacial score (nSPS) is 23.4. The topological polar surface area (TPSA) is 20.3 Å². The number of carbonyl (C=O) groups excluding carboxylic acids is 1. The molecule has 0 radical (unpaired) electrons. The minimum atomic E-state index is 0.0318. The lowest BCUT2D eigenvalue weighted by Gasteiger charge is -2.25. The number of thioether (sulfide) groups is 1. The number of hydrogen-bond donors (Lipinski definition) is 0. The molecule has 96 valence electrons. The Hall–Kier alpha value is -0.380. The molecule has 1 aliphatic carbocycles. The first-order valence-electron chi connectivity index (χ1n) is 6.04. The molecule has 18 heavy (non-hydrogen) atoms. The van der Waals surface area contributed by atoms with Gasteiger partial charge in [-0.1, -0.05) is 35.3 Å². The predicted molar refractivity (Wildman–Crippen MR) is 76.1 cm³/mol. The molecule has 0 unspecified atom stereocenters. The van der Waals surface area contributed by atoms with Gasteiger partial charge in [0.15, 0.2) is 0 Å². The van der Waals surface area contributed by atoms with Gasteiger partial charge in [0.1, 0.15) is 5.37 Å². The van der Waals surface area contributed by atoms with Crippen molar-refractivity contribution in [2.24, 2.45) is 5.92 Å². The number of halogens is 2. The van der Waals surface area contributed by atoms with Gasteiger partial charge >= 0.3 is 0 Å². The highest BCUT2D eigenvalue weighted by atomic mass is 35.5. The van der Waals surface area contributed by atoms with Crippen molar-refractivity contribution in [3.8, 4) is 0 Å². The maximum absolute atomic E-state index is 12.2. The standard InChI is InChI=1S/C13H13Cl2NOS/c14-10-3-1-2-9(11(10)15)13-16(6-7-18-13)12(17)8-4-5-8/h1-3,8,13H,4-7H2/t13-/m1/s1. The average molecular weight is 302 g/mol. The zero-order valence-corrected chi connectivity index (χ0v) is 12.1. The Morgan fingerprint density at radius 2 is 2.11 bits per heavy atom. The molecular formula is C13H13Cl2NOS. The van der Waals surface area contributed by atoms with Gasteiger partial charge in [-0.25, -0.2) is 0 Å². The van der Waals surface area contributed by atoms with Crippen LogP contribution in [0.4, 0.5) is 0 Å². The van der Waals surface area contributed by atoms with E-state index in [4.69, 9.17) is 23.2 Å². The molecule has 1 atom stereocenters. The van der Waals surface area contributed by atoms with Crippen LogP contribution in [0.5, 0.6) is 0 Å². The molecule has 1 heterocycles. The molecular weight excluding hydrogens is 289 g/mol. The molecule has 1 amide bonds. The maximum atomic E-state index is 12.2. The van der Waals surface area contributed by atoms with Gasteiger partial charge in [0.05, 0.1) is 10.0 Å². The van der Waals surface area contributed by atoms with E-state index >= 15 is 0 Å². The molecule has 3 rings (SSSR count). The Bertz CT molecular complexity index is 490. The Morgan fingerprint density at radius 3 is 2.83 bits per heavy atom. The van der Waals surface area contributed by atoms with Crippen LogP contribution in [0.1, 0.15) is 23.8 Å². The number of amides is 1. The fourth-order valence-corrected chi connectivity index (χ4v) is 4.00. The zero-order chi connectivity index (χ0) is 12.7. The van der Waals surface area contributed by atoms with E-state index < -0.39 is 0 Å². The van der Waals surface area contributed by atoms with Crippen molar-refractivity contribution in [3.05, 3.63) is 33.8 Å². The lowest BCUT2D eigenvalue weighted by Crippen LogP contribution is -2.31. The summed E-state index contributed by atoms with van der Waals surface area (Å²) in [6.07, 6.45) is 2.08. The van der Waals surface area contributed by atoms with Crippen LogP contribution >= 0.6 is 35.0 Å². The second kappa shape index (κ2) is 4.95. The Morgan fingerprint density at radius 1 is 1.33 bits per heavy atom. The number of benzene rings is 1. The van der Waals surface area contributed by atoms with Crippen molar-refractivity contribution >= 4 is 40.9 Å². The van der Waals surface area contributed by atoms with E-state index in [1.54, 1.807) is 17.8 Å². The van der Waals surface area contributed by atoms with Crippen molar-refractivity contribution in [2.75, 3.05) is 12.3 Å². The number of hydrogen-bond acceptors (Lipinski definition) is 2. The second-order valence-corrected chi connectivity index (χ2v) is 6.65. The highest BCUT2D eigenvalue weighted by Gasteiger charge is 2.39. The zero-order valence-electron chi connectivity index (χ0n) is 9.73. The SMILES string of the molecule is O=C(C1CC1)N1CCS[C@@H]1c1cccc(Cl)c1Cl. The molecule has 5 heteroatoms. The van der Waals surface area contributed by atoms with Crippen LogP contribution in [0.3, 0.4) is 0 Å². The molecule has 0 aromatic heterocycles. The van der Waals surface area contributed by atoms with Crippen LogP contribution in [0.25, 0.3) is 0 Å². The smallest absolute Gasteiger partial charge is 0.226 e. The van der Waals surface area contributed by atoms with Gasteiger partial charge in [0.25, 0.3) is 0 Å². The summed E-state index contributed by atoms with van der Waals surface area (Å²) in [6, 6.07) is 5.63. The van der Waals surface area contributed by atoms with Crippen LogP contribution in [0.15, 0.2) is 18.2 Å². The van der Waals surface area contributed by atoms with Crippen LogP contribution in [0.2, 0.25) is 10.0 Å². The van der Waals surface area contributed by atoms with Crippen LogP contribution in [-0.2, 0) is 4.79 Å². The van der Waals surface area contributed by atoms with E-state index in [0.717, 1.165) is 30.7 Å². The number of nitrogens with zero attached hydrogens (tertiary/aromatic N) is 1. The van der Waals surface area contributed by atoms with Crippen molar-refractivity contribution in [2.45, 2.75) is 18.2 Å². The van der Waals surface area contributed by atoms with E-state index in [9.17, 15) is 4.79 Å². The molecule has 2 nitrogen and oxygen atoms in total. The summed E-state index contributed by atoms with van der Waals surface area (Å²) in [7, 11) is 0. The van der Waals surface area contributed by atoms with E-state index in [0.29, 0.717) is 10.0 Å². The van der Waals surface area contributed by atoms with Crippen molar-refractivity contribution in [3.63, 3.8) is 0 Å². The monoisotopic (exact) mass is 301 g/mol. The first-order chi connectivity index (χ1) is 8.68. The van der Waals surface area contributed by atoms with Gasteiger partial charge in [-0.3, -0.25) is 4.79 Å². The van der Waals surface area contributed by atoms with Gasteiger partial charge in [-0.2, -0.15) is 0 Å². The third-order valence-corrected chi connectivity index (χ3v) is 5.42. The fourth-order valence-electron chi connectivity index (χ4n) is 2.23. The molecule has 1 saturated heterocycles. The fraction of sp³-hybridized carbons (Fsp3) is 0.462. The maximum Gasteiger partial charge on any atom is 0.226 e. The van der Waals surface area contributed by atoms with Gasteiger partial charge in [0.2, 0.25) is 5.91 Å². The van der Waals surface area contributed by atoms with Gasteiger partial charge in [-0.15, -0.1) is 11.8 Å². The molecule has 1 aromatic carbocycles. The molecule has 0 bridgehead atoms. The molecule has 2 fully saturated rings. The second-order valence-electron chi connectivity index (χ2n) is 4.67. The van der Waals surface area contributed by atoms with Crippen molar-refractivity contribution in [1.29, 1.82) is 0 Å². The number of rotatable bonds is 2. The molecule has 2 aliphatic rings. The van der Waals surface area contributed by atoms with E-state index in [2.05, 4.69) is 0 Å². The minimum absolute atomic E-state index is 0.0318. The summed E-state index contributed by atoms with van der Waals surface area (Å²) in [5.74, 6) is 1.50.